The molecule has 0 amide bonds. The maximum Gasteiger partial charge on any atom is 0.162 e. The summed E-state index contributed by atoms with van der Waals surface area (Å²) in [5.74, 6) is 0. The molecule has 5 nitrogen and oxygen atoms in total. The summed E-state index contributed by atoms with van der Waals surface area (Å²) in [5, 5.41) is 8.07. The first kappa shape index (κ1) is 46.2. The predicted molar refractivity (Wildman–Crippen MR) is 337 cm³/mol. The van der Waals surface area contributed by atoms with E-state index < -0.39 is 0 Å². The van der Waals surface area contributed by atoms with Crippen molar-refractivity contribution in [3.63, 3.8) is 0 Å². The van der Waals surface area contributed by atoms with E-state index in [1.807, 2.05) is 0 Å². The Hall–Kier alpha value is -10.9. The number of nitrogens with zero attached hydrogens (tertiary/aromatic N) is 2. The molecule has 3 aromatic heterocycles. The molecular weight excluding hydrogens is 989 g/mol. The average Bonchev–Trinajstić information content (AvgIpc) is 4.05. The van der Waals surface area contributed by atoms with Gasteiger partial charge in [0.25, 0.3) is 0 Å². The van der Waals surface area contributed by atoms with Crippen LogP contribution in [0.2, 0.25) is 0 Å². The van der Waals surface area contributed by atoms with Crippen molar-refractivity contribution in [1.82, 2.24) is 0 Å². The molecule has 0 aliphatic heterocycles. The fourth-order valence-corrected chi connectivity index (χ4v) is 12.4. The van der Waals surface area contributed by atoms with Crippen LogP contribution in [0.15, 0.2) is 304 Å². The highest BCUT2D eigenvalue weighted by molar-refractivity contribution is 6.30. The van der Waals surface area contributed by atoms with Crippen LogP contribution in [0.1, 0.15) is 0 Å². The molecule has 3 heterocycles. The van der Waals surface area contributed by atoms with Gasteiger partial charge in [-0.2, -0.15) is 0 Å². The van der Waals surface area contributed by atoms with E-state index in [2.05, 4.69) is 301 Å². The molecule has 0 aliphatic rings. The molecule has 13 aromatic carbocycles. The normalized spacial score (nSPS) is 11.7. The van der Waals surface area contributed by atoms with Crippen molar-refractivity contribution in [2.24, 2.45) is 0 Å². The zero-order valence-corrected chi connectivity index (χ0v) is 43.8. The van der Waals surface area contributed by atoms with Crippen molar-refractivity contribution in [3.05, 3.63) is 291 Å². The molecule has 0 unspecified atom stereocenters. The van der Waals surface area contributed by atoms with E-state index in [1.165, 1.54) is 0 Å². The van der Waals surface area contributed by atoms with Crippen molar-refractivity contribution >= 4 is 111 Å². The summed E-state index contributed by atoms with van der Waals surface area (Å²) in [6, 6.07) is 103. The summed E-state index contributed by atoms with van der Waals surface area (Å²) < 4.78 is 22.2. The van der Waals surface area contributed by atoms with Gasteiger partial charge in [-0.15, -0.1) is 0 Å². The lowest BCUT2D eigenvalue weighted by molar-refractivity contribution is 0.667. The van der Waals surface area contributed by atoms with Crippen molar-refractivity contribution in [3.8, 4) is 44.5 Å². The maximum atomic E-state index is 7.51. The van der Waals surface area contributed by atoms with Gasteiger partial charge >= 0.3 is 0 Å². The molecule has 0 radical (unpaired) electrons. The first-order valence-electron chi connectivity index (χ1n) is 27.5. The Morgan fingerprint density at radius 3 is 1.07 bits per heavy atom. The van der Waals surface area contributed by atoms with Gasteiger partial charge in [-0.3, -0.25) is 0 Å². The highest BCUT2D eigenvalue weighted by Crippen LogP contribution is 2.56. The topological polar surface area (TPSA) is 45.9 Å². The fraction of sp³-hybridized carbons (Fsp3) is 0. The molecule has 0 aliphatic carbocycles. The summed E-state index contributed by atoms with van der Waals surface area (Å²) >= 11 is 0. The third kappa shape index (κ3) is 7.55. The lowest BCUT2D eigenvalue weighted by atomic mass is 9.96. The Balaban J connectivity index is 1.03. The molecule has 0 N–H and O–H groups in total. The highest BCUT2D eigenvalue weighted by atomic mass is 16.3. The number of rotatable bonds is 10. The first-order chi connectivity index (χ1) is 40.2. The van der Waals surface area contributed by atoms with E-state index in [9.17, 15) is 0 Å². The van der Waals surface area contributed by atoms with Gasteiger partial charge in [-0.05, 0) is 75.8 Å². The zero-order chi connectivity index (χ0) is 53.4. The number of hydrogen-bond acceptors (Lipinski definition) is 5. The number of fused-ring (bicyclic) bond motifs is 10. The second kappa shape index (κ2) is 18.9. The van der Waals surface area contributed by atoms with Crippen molar-refractivity contribution in [2.75, 3.05) is 9.80 Å². The van der Waals surface area contributed by atoms with Crippen LogP contribution in [0.25, 0.3) is 121 Å². The van der Waals surface area contributed by atoms with Crippen LogP contribution in [-0.4, -0.2) is 0 Å². The Kier molecular flexibility index (Phi) is 10.8. The highest BCUT2D eigenvalue weighted by Gasteiger charge is 2.32. The van der Waals surface area contributed by atoms with Gasteiger partial charge in [0.15, 0.2) is 16.7 Å². The number of benzene rings is 13. The fourth-order valence-electron chi connectivity index (χ4n) is 12.4. The van der Waals surface area contributed by atoms with E-state index >= 15 is 0 Å². The Morgan fingerprint density at radius 2 is 0.580 bits per heavy atom. The molecule has 0 saturated carbocycles. The van der Waals surface area contributed by atoms with Crippen LogP contribution in [0, 0.1) is 0 Å². The van der Waals surface area contributed by atoms with Crippen LogP contribution in [-0.2, 0) is 0 Å². The predicted octanol–water partition coefficient (Wildman–Crippen LogP) is 22.1. The standard InChI is InChI=1S/C76H48N2O3/c1-5-23-49(24-6-1)53-31-17-33-55(47-53)77(66-44-21-42-63-61-40-19-38-57(72(61)80-74(63)66)51-27-9-3-10-28-51)70-59-35-13-14-36-60(59)71(76-69(70)65-37-15-16-46-68(65)79-76)78(56-34-18-32-54(48-56)50-25-7-2-8-26-50)67-45-22-43-64-62-41-20-39-58(73(62)81-75(64)67)52-29-11-4-12-30-52/h1-48H. The van der Waals surface area contributed by atoms with Gasteiger partial charge in [-0.25, -0.2) is 0 Å². The molecule has 0 spiro atoms. The zero-order valence-electron chi connectivity index (χ0n) is 43.8. The number of anilines is 6. The largest absolute Gasteiger partial charge is 0.454 e. The van der Waals surface area contributed by atoms with Gasteiger partial charge in [-0.1, -0.05) is 249 Å². The molecule has 0 fully saturated rings. The third-order valence-electron chi connectivity index (χ3n) is 16.0. The first-order valence-corrected chi connectivity index (χ1v) is 27.5. The van der Waals surface area contributed by atoms with E-state index in [0.717, 1.165) is 155 Å². The minimum Gasteiger partial charge on any atom is -0.454 e. The summed E-state index contributed by atoms with van der Waals surface area (Å²) in [6.07, 6.45) is 0. The smallest absolute Gasteiger partial charge is 0.162 e. The second-order valence-corrected chi connectivity index (χ2v) is 20.7. The average molecular weight is 1040 g/mol. The second-order valence-electron chi connectivity index (χ2n) is 20.7. The summed E-state index contributed by atoms with van der Waals surface area (Å²) in [4.78, 5) is 4.79. The lowest BCUT2D eigenvalue weighted by Crippen LogP contribution is -2.14. The molecule has 5 heteroatoms. The Bertz CT molecular complexity index is 5060. The minimum absolute atomic E-state index is 0.723. The summed E-state index contributed by atoms with van der Waals surface area (Å²) in [5.41, 5.74) is 18.9. The quantitative estimate of drug-likeness (QED) is 0.128. The lowest BCUT2D eigenvalue weighted by Gasteiger charge is -2.31. The molecule has 16 rings (SSSR count). The van der Waals surface area contributed by atoms with Gasteiger partial charge in [0.05, 0.1) is 28.1 Å². The molecule has 380 valence electrons. The van der Waals surface area contributed by atoms with Crippen LogP contribution in [0.5, 0.6) is 0 Å². The molecular formula is C76H48N2O3. The van der Waals surface area contributed by atoms with Gasteiger partial charge in [0.1, 0.15) is 16.7 Å². The Morgan fingerprint density at radius 1 is 0.222 bits per heavy atom. The van der Waals surface area contributed by atoms with E-state index in [-0.39, 0.29) is 0 Å². The maximum absolute atomic E-state index is 7.51. The van der Waals surface area contributed by atoms with Crippen LogP contribution < -0.4 is 9.80 Å². The van der Waals surface area contributed by atoms with E-state index in [0.29, 0.717) is 0 Å². The van der Waals surface area contributed by atoms with Crippen molar-refractivity contribution < 1.29 is 13.3 Å². The number of para-hydroxylation sites is 5. The van der Waals surface area contributed by atoms with Crippen LogP contribution in [0.4, 0.5) is 34.1 Å². The molecule has 0 bridgehead atoms. The van der Waals surface area contributed by atoms with E-state index in [1.54, 1.807) is 0 Å². The third-order valence-corrected chi connectivity index (χ3v) is 16.0. The molecule has 0 atom stereocenters. The summed E-state index contributed by atoms with van der Waals surface area (Å²) in [7, 11) is 0. The van der Waals surface area contributed by atoms with Gasteiger partial charge in [0.2, 0.25) is 0 Å². The van der Waals surface area contributed by atoms with Gasteiger partial charge < -0.3 is 23.1 Å². The SMILES string of the molecule is c1ccc(-c2cccc(N(c3cccc4c3oc3c(-c5ccccc5)cccc34)c3c4ccccc4c(N(c4cccc(-c5ccccc5)c4)c4cccc5c4oc4c(-c6ccccc6)cccc45)c4c3oc3ccccc34)c2)cc1. The molecule has 81 heavy (non-hydrogen) atoms. The van der Waals surface area contributed by atoms with Crippen LogP contribution >= 0.6 is 0 Å². The molecule has 0 saturated heterocycles. The minimum atomic E-state index is 0.723. The van der Waals surface area contributed by atoms with Crippen molar-refractivity contribution in [1.29, 1.82) is 0 Å². The van der Waals surface area contributed by atoms with E-state index in [4.69, 9.17) is 13.3 Å². The van der Waals surface area contributed by atoms with Crippen molar-refractivity contribution in [2.45, 2.75) is 0 Å². The van der Waals surface area contributed by atoms with Crippen LogP contribution in [0.3, 0.4) is 0 Å². The number of hydrogen-bond donors (Lipinski definition) is 0. The van der Waals surface area contributed by atoms with Gasteiger partial charge in [0, 0.05) is 60.2 Å². The number of furan rings is 3. The Labute approximate surface area is 467 Å². The summed E-state index contributed by atoms with van der Waals surface area (Å²) in [6.45, 7) is 0. The monoisotopic (exact) mass is 1040 g/mol. The molecule has 16 aromatic rings.